The molecule has 6 aromatic carbocycles. The van der Waals surface area contributed by atoms with E-state index in [4.69, 9.17) is 32.7 Å². The van der Waals surface area contributed by atoms with Gasteiger partial charge in [0.25, 0.3) is 0 Å². The Kier molecular flexibility index (Phi) is 10.6. The van der Waals surface area contributed by atoms with Crippen molar-refractivity contribution in [3.05, 3.63) is 178 Å². The van der Waals surface area contributed by atoms with E-state index in [1.54, 1.807) is 48.5 Å². The van der Waals surface area contributed by atoms with Crippen molar-refractivity contribution < 1.29 is 31.1 Å². The fraction of sp³-hybridized carbons (Fsp3) is 0.0465. The maximum atomic E-state index is 13.3. The SMILES string of the molecule is O=C1/C(=C\c2ccc(Oc3ccc(S(=O)(=O)c4ccc(Cl)cc4)cc3)cc2)CC/C1=C/c1ccc(Oc2ccc(S(=O)(=O)c3ccc(Cl)cc3)cc2)cc1. The van der Waals surface area contributed by atoms with Crippen molar-refractivity contribution in [2.75, 3.05) is 0 Å². The van der Waals surface area contributed by atoms with E-state index in [-0.39, 0.29) is 25.4 Å². The molecule has 0 atom stereocenters. The Morgan fingerprint density at radius 1 is 0.407 bits per heavy atom. The van der Waals surface area contributed by atoms with E-state index in [1.165, 1.54) is 72.8 Å². The summed E-state index contributed by atoms with van der Waals surface area (Å²) >= 11 is 11.8. The van der Waals surface area contributed by atoms with Gasteiger partial charge in [-0.2, -0.15) is 0 Å². The highest BCUT2D eigenvalue weighted by Gasteiger charge is 2.23. The van der Waals surface area contributed by atoms with E-state index in [1.807, 2.05) is 36.4 Å². The molecular formula is C43H30Cl2O7S2. The van der Waals surface area contributed by atoms with Gasteiger partial charge in [0.15, 0.2) is 5.78 Å². The summed E-state index contributed by atoms with van der Waals surface area (Å²) in [7, 11) is -7.37. The van der Waals surface area contributed by atoms with Crippen LogP contribution in [0.25, 0.3) is 12.2 Å². The monoisotopic (exact) mass is 792 g/mol. The van der Waals surface area contributed by atoms with E-state index in [0.29, 0.717) is 57.0 Å². The molecule has 0 N–H and O–H groups in total. The fourth-order valence-electron chi connectivity index (χ4n) is 5.79. The highest BCUT2D eigenvalue weighted by atomic mass is 35.5. The molecule has 6 aromatic rings. The molecule has 0 bridgehead atoms. The average molecular weight is 794 g/mol. The van der Waals surface area contributed by atoms with Crippen LogP contribution >= 0.6 is 23.2 Å². The topological polar surface area (TPSA) is 104 Å². The lowest BCUT2D eigenvalue weighted by atomic mass is 10.1. The number of ketones is 1. The van der Waals surface area contributed by atoms with E-state index in [2.05, 4.69) is 0 Å². The molecule has 11 heteroatoms. The molecule has 1 saturated carbocycles. The predicted octanol–water partition coefficient (Wildman–Crippen LogP) is 11.1. The van der Waals surface area contributed by atoms with Crippen LogP contribution in [0, 0.1) is 0 Å². The first kappa shape index (κ1) is 36.9. The molecule has 7 rings (SSSR count). The lowest BCUT2D eigenvalue weighted by Crippen LogP contribution is -2.01. The van der Waals surface area contributed by atoms with Gasteiger partial charge in [0.05, 0.1) is 19.6 Å². The fourth-order valence-corrected chi connectivity index (χ4v) is 8.56. The number of Topliss-reactive ketones (excluding diaryl/α,β-unsaturated/α-hetero) is 1. The van der Waals surface area contributed by atoms with E-state index < -0.39 is 19.7 Å². The maximum Gasteiger partial charge on any atom is 0.206 e. The second-order valence-electron chi connectivity index (χ2n) is 12.4. The lowest BCUT2D eigenvalue weighted by molar-refractivity contribution is -0.111. The van der Waals surface area contributed by atoms with Crippen molar-refractivity contribution in [2.45, 2.75) is 32.4 Å². The molecule has 7 nitrogen and oxygen atoms in total. The van der Waals surface area contributed by atoms with Gasteiger partial charge in [-0.25, -0.2) is 16.8 Å². The molecule has 0 saturated heterocycles. The lowest BCUT2D eigenvalue weighted by Gasteiger charge is -2.08. The van der Waals surface area contributed by atoms with Crippen LogP contribution in [0.3, 0.4) is 0 Å². The van der Waals surface area contributed by atoms with Gasteiger partial charge < -0.3 is 9.47 Å². The Labute approximate surface area is 323 Å². The quantitative estimate of drug-likeness (QED) is 0.127. The van der Waals surface area contributed by atoms with E-state index in [0.717, 1.165) is 11.1 Å². The molecule has 0 aliphatic heterocycles. The zero-order valence-corrected chi connectivity index (χ0v) is 31.5. The summed E-state index contributed by atoms with van der Waals surface area (Å²) in [4.78, 5) is 13.9. The summed E-state index contributed by atoms with van der Waals surface area (Å²) in [6, 6.07) is 39.1. The molecular weight excluding hydrogens is 764 g/mol. The molecule has 0 amide bonds. The van der Waals surface area contributed by atoms with Crippen molar-refractivity contribution in [1.82, 2.24) is 0 Å². The van der Waals surface area contributed by atoms with Crippen LogP contribution in [0.5, 0.6) is 23.0 Å². The molecule has 54 heavy (non-hydrogen) atoms. The standard InChI is InChI=1S/C43H30Cl2O7S2/c44-33-7-19-39(20-8-33)53(47,48)41-23-15-37(16-24-41)51-35-11-1-29(2-12-35)27-31-5-6-32(43(31)46)28-30-3-13-36(14-4-30)52-38-17-25-42(26-18-38)54(49,50)40-21-9-34(45)10-22-40/h1-4,7-28H,5-6H2/b31-27-,32-28-. The van der Waals surface area contributed by atoms with Crippen LogP contribution in [0.1, 0.15) is 24.0 Å². The molecule has 0 radical (unpaired) electrons. The summed E-state index contributed by atoms with van der Waals surface area (Å²) in [6.07, 6.45) is 5.01. The van der Waals surface area contributed by atoms with Crippen molar-refractivity contribution in [3.63, 3.8) is 0 Å². The van der Waals surface area contributed by atoms with Gasteiger partial charge in [0, 0.05) is 21.2 Å². The Balaban J connectivity index is 0.944. The minimum Gasteiger partial charge on any atom is -0.457 e. The number of benzene rings is 6. The van der Waals surface area contributed by atoms with Crippen molar-refractivity contribution in [3.8, 4) is 23.0 Å². The molecule has 1 aliphatic carbocycles. The maximum absolute atomic E-state index is 13.3. The summed E-state index contributed by atoms with van der Waals surface area (Å²) < 4.78 is 63.6. The smallest absolute Gasteiger partial charge is 0.206 e. The number of hydrogen-bond acceptors (Lipinski definition) is 7. The van der Waals surface area contributed by atoms with E-state index in [9.17, 15) is 21.6 Å². The average Bonchev–Trinajstić information content (AvgIpc) is 3.51. The van der Waals surface area contributed by atoms with Gasteiger partial charge in [-0.1, -0.05) is 47.5 Å². The van der Waals surface area contributed by atoms with Gasteiger partial charge in [-0.3, -0.25) is 4.79 Å². The van der Waals surface area contributed by atoms with Crippen LogP contribution in [0.4, 0.5) is 0 Å². The predicted molar refractivity (Wildman–Crippen MR) is 210 cm³/mol. The third kappa shape index (κ3) is 8.35. The van der Waals surface area contributed by atoms with Crippen molar-refractivity contribution >= 4 is 60.8 Å². The molecule has 270 valence electrons. The molecule has 1 aliphatic rings. The van der Waals surface area contributed by atoms with Crippen LogP contribution in [-0.4, -0.2) is 22.6 Å². The van der Waals surface area contributed by atoms with Crippen LogP contribution < -0.4 is 9.47 Å². The second kappa shape index (κ2) is 15.5. The Morgan fingerprint density at radius 2 is 0.667 bits per heavy atom. The van der Waals surface area contributed by atoms with E-state index >= 15 is 0 Å². The number of rotatable bonds is 10. The Hall–Kier alpha value is -5.45. The number of carbonyl (C=O) groups excluding carboxylic acids is 1. The van der Waals surface area contributed by atoms with Gasteiger partial charge in [-0.05, 0) is 157 Å². The zero-order valence-electron chi connectivity index (χ0n) is 28.4. The summed E-state index contributed by atoms with van der Waals surface area (Å²) in [5.74, 6) is 2.09. The Morgan fingerprint density at radius 3 is 0.963 bits per heavy atom. The molecule has 0 aromatic heterocycles. The summed E-state index contributed by atoms with van der Waals surface area (Å²) in [6.45, 7) is 0. The van der Waals surface area contributed by atoms with Gasteiger partial charge >= 0.3 is 0 Å². The van der Waals surface area contributed by atoms with Crippen LogP contribution in [-0.2, 0) is 24.5 Å². The minimum absolute atomic E-state index is 0.00191. The first-order valence-electron chi connectivity index (χ1n) is 16.7. The number of ether oxygens (including phenoxy) is 2. The first-order chi connectivity index (χ1) is 25.9. The van der Waals surface area contributed by atoms with Crippen LogP contribution in [0.2, 0.25) is 10.0 Å². The number of carbonyl (C=O) groups is 1. The summed E-state index contributed by atoms with van der Waals surface area (Å²) in [5.41, 5.74) is 3.14. The number of hydrogen-bond donors (Lipinski definition) is 0. The third-order valence-electron chi connectivity index (χ3n) is 8.68. The Bertz CT molecular complexity index is 2410. The molecule has 0 heterocycles. The highest BCUT2D eigenvalue weighted by Crippen LogP contribution is 2.32. The zero-order chi connectivity index (χ0) is 37.9. The highest BCUT2D eigenvalue weighted by molar-refractivity contribution is 7.91. The number of allylic oxidation sites excluding steroid dienone is 2. The summed E-state index contributed by atoms with van der Waals surface area (Å²) in [5, 5.41) is 0.915. The number of sulfone groups is 2. The van der Waals surface area contributed by atoms with Crippen molar-refractivity contribution in [1.29, 1.82) is 0 Å². The largest absolute Gasteiger partial charge is 0.457 e. The van der Waals surface area contributed by atoms with Crippen LogP contribution in [0.15, 0.2) is 176 Å². The number of halogens is 2. The molecule has 1 fully saturated rings. The molecule has 0 unspecified atom stereocenters. The van der Waals surface area contributed by atoms with Gasteiger partial charge in [-0.15, -0.1) is 0 Å². The second-order valence-corrected chi connectivity index (χ2v) is 17.1. The molecule has 0 spiro atoms. The normalized spacial score (nSPS) is 14.7. The van der Waals surface area contributed by atoms with Crippen molar-refractivity contribution in [2.24, 2.45) is 0 Å². The minimum atomic E-state index is -3.69. The first-order valence-corrected chi connectivity index (χ1v) is 20.4. The van der Waals surface area contributed by atoms with Gasteiger partial charge in [0.2, 0.25) is 19.7 Å². The van der Waals surface area contributed by atoms with Gasteiger partial charge in [0.1, 0.15) is 23.0 Å². The third-order valence-corrected chi connectivity index (χ3v) is 12.8.